The monoisotopic (exact) mass is 201 g/mol. The van der Waals surface area contributed by atoms with E-state index in [1.54, 1.807) is 6.21 Å². The minimum absolute atomic E-state index is 0. The molecule has 1 aromatic carbocycles. The van der Waals surface area contributed by atoms with Gasteiger partial charge in [-0.15, -0.1) is 12.4 Å². The second-order valence-corrected chi connectivity index (χ2v) is 2.18. The summed E-state index contributed by atoms with van der Waals surface area (Å²) in [5.74, 6) is 5.19. The number of halogens is 1. The van der Waals surface area contributed by atoms with Gasteiger partial charge in [0.15, 0.2) is 0 Å². The maximum Gasteiger partial charge on any atom is 0.106 e. The molecular weight excluding hydrogens is 190 g/mol. The highest BCUT2D eigenvalue weighted by Gasteiger charge is 1.88. The fraction of sp³-hybridized carbons (Fsp3) is 0.125. The molecule has 72 valence electrons. The van der Waals surface area contributed by atoms with Crippen molar-refractivity contribution in [3.8, 4) is 0 Å². The highest BCUT2D eigenvalue weighted by Crippen LogP contribution is 2.05. The van der Waals surface area contributed by atoms with E-state index in [0.29, 0.717) is 0 Å². The van der Waals surface area contributed by atoms with Gasteiger partial charge >= 0.3 is 0 Å². The van der Waals surface area contributed by atoms with Crippen LogP contribution in [0.4, 0.5) is 5.69 Å². The number of nitrogen functional groups attached to an aromatic ring is 1. The molecule has 0 aliphatic carbocycles. The summed E-state index contributed by atoms with van der Waals surface area (Å²) in [7, 11) is 1.51. The molecule has 0 amide bonds. The topological polar surface area (TPSA) is 59.6 Å². The maximum atomic E-state index is 5.19. The molecular formula is C8H12ClN3O. The summed E-state index contributed by atoms with van der Waals surface area (Å²) < 4.78 is 0. The molecule has 1 aromatic rings. The number of nitrogens with two attached hydrogens (primary N) is 1. The average molecular weight is 202 g/mol. The van der Waals surface area contributed by atoms with E-state index in [0.717, 1.165) is 11.3 Å². The largest absolute Gasteiger partial charge is 0.399 e. The first-order chi connectivity index (χ1) is 5.86. The van der Waals surface area contributed by atoms with Gasteiger partial charge in [0.2, 0.25) is 0 Å². The normalized spacial score (nSPS) is 9.38. The molecule has 0 spiro atoms. The van der Waals surface area contributed by atoms with Crippen molar-refractivity contribution < 1.29 is 4.84 Å². The van der Waals surface area contributed by atoms with Crippen LogP contribution in [0.25, 0.3) is 0 Å². The van der Waals surface area contributed by atoms with Gasteiger partial charge in [0.1, 0.15) is 7.11 Å². The number of benzene rings is 1. The summed E-state index contributed by atoms with van der Waals surface area (Å²) in [4.78, 5) is 4.53. The van der Waals surface area contributed by atoms with Crippen molar-refractivity contribution in [1.29, 1.82) is 0 Å². The van der Waals surface area contributed by atoms with Crippen molar-refractivity contribution in [1.82, 2.24) is 0 Å². The molecule has 1 rings (SSSR count). The average Bonchev–Trinajstić information content (AvgIpc) is 2.15. The predicted octanol–water partition coefficient (Wildman–Crippen LogP) is 1.37. The van der Waals surface area contributed by atoms with Gasteiger partial charge in [-0.05, 0) is 17.7 Å². The molecule has 5 heteroatoms. The molecule has 0 bridgehead atoms. The number of hydrogen-bond acceptors (Lipinski definition) is 4. The van der Waals surface area contributed by atoms with E-state index in [1.165, 1.54) is 7.11 Å². The molecule has 0 aliphatic heterocycles. The Labute approximate surface area is 83.1 Å². The Morgan fingerprint density at radius 1 is 1.38 bits per heavy atom. The van der Waals surface area contributed by atoms with Crippen LogP contribution in [0.1, 0.15) is 5.56 Å². The second kappa shape index (κ2) is 6.28. The molecule has 0 fully saturated rings. The van der Waals surface area contributed by atoms with Crippen molar-refractivity contribution >= 4 is 24.3 Å². The van der Waals surface area contributed by atoms with Crippen LogP contribution in [0, 0.1) is 0 Å². The summed E-state index contributed by atoms with van der Waals surface area (Å²) in [6.45, 7) is 0. The first-order valence-corrected chi connectivity index (χ1v) is 3.50. The molecule has 13 heavy (non-hydrogen) atoms. The van der Waals surface area contributed by atoms with Crippen molar-refractivity contribution in [3.63, 3.8) is 0 Å². The smallest absolute Gasteiger partial charge is 0.106 e. The van der Waals surface area contributed by atoms with Crippen molar-refractivity contribution in [2.45, 2.75) is 0 Å². The molecule has 0 radical (unpaired) electrons. The van der Waals surface area contributed by atoms with Crippen LogP contribution in [0.2, 0.25) is 0 Å². The zero-order chi connectivity index (χ0) is 8.81. The van der Waals surface area contributed by atoms with Gasteiger partial charge in [-0.25, -0.2) is 0 Å². The van der Waals surface area contributed by atoms with Gasteiger partial charge in [0.05, 0.1) is 6.21 Å². The number of hydrogen-bond donors (Lipinski definition) is 2. The Balaban J connectivity index is 0.00000144. The summed E-state index contributed by atoms with van der Waals surface area (Å²) in [6, 6.07) is 7.49. The van der Waals surface area contributed by atoms with Gasteiger partial charge in [-0.1, -0.05) is 17.3 Å². The molecule has 0 aliphatic rings. The first kappa shape index (κ1) is 11.7. The number of nitrogens with one attached hydrogen (secondary N) is 1. The standard InChI is InChI=1S/C8H11N3O.ClH/c1-12-10-6-7-2-4-8(11-9)5-3-7;/h2-6,11H,9H2,1H3;1H/b10-6+;. The molecule has 0 saturated carbocycles. The van der Waals surface area contributed by atoms with Crippen LogP contribution in [-0.2, 0) is 4.84 Å². The van der Waals surface area contributed by atoms with Crippen LogP contribution >= 0.6 is 12.4 Å². The summed E-state index contributed by atoms with van der Waals surface area (Å²) in [5, 5.41) is 3.62. The molecule has 0 saturated heterocycles. The van der Waals surface area contributed by atoms with Gasteiger partial charge in [0.25, 0.3) is 0 Å². The van der Waals surface area contributed by atoms with E-state index in [4.69, 9.17) is 5.84 Å². The molecule has 0 atom stereocenters. The Hall–Kier alpha value is -1.26. The van der Waals surface area contributed by atoms with Crippen molar-refractivity contribution in [2.24, 2.45) is 11.0 Å². The van der Waals surface area contributed by atoms with Crippen LogP contribution in [0.15, 0.2) is 29.4 Å². The molecule has 4 nitrogen and oxygen atoms in total. The lowest BCUT2D eigenvalue weighted by molar-refractivity contribution is 0.215. The maximum absolute atomic E-state index is 5.19. The second-order valence-electron chi connectivity index (χ2n) is 2.18. The minimum Gasteiger partial charge on any atom is -0.399 e. The Morgan fingerprint density at radius 3 is 2.46 bits per heavy atom. The van der Waals surface area contributed by atoms with Crippen LogP contribution < -0.4 is 11.3 Å². The van der Waals surface area contributed by atoms with Gasteiger partial charge < -0.3 is 10.3 Å². The van der Waals surface area contributed by atoms with Crippen LogP contribution in [0.5, 0.6) is 0 Å². The molecule has 0 heterocycles. The number of hydrazine groups is 1. The van der Waals surface area contributed by atoms with Gasteiger partial charge in [-0.2, -0.15) is 0 Å². The van der Waals surface area contributed by atoms with E-state index in [2.05, 4.69) is 15.4 Å². The highest BCUT2D eigenvalue weighted by atomic mass is 35.5. The zero-order valence-electron chi connectivity index (χ0n) is 7.23. The third kappa shape index (κ3) is 3.78. The lowest BCUT2D eigenvalue weighted by Crippen LogP contribution is -2.06. The Kier molecular flexibility index (Phi) is 5.67. The SMILES string of the molecule is CO/N=C/c1ccc(NN)cc1.Cl. The Morgan fingerprint density at radius 2 is 2.00 bits per heavy atom. The fourth-order valence-corrected chi connectivity index (χ4v) is 0.779. The molecule has 0 unspecified atom stereocenters. The lowest BCUT2D eigenvalue weighted by Gasteiger charge is -1.98. The van der Waals surface area contributed by atoms with Gasteiger partial charge in [0, 0.05) is 5.69 Å². The third-order valence-corrected chi connectivity index (χ3v) is 1.38. The van der Waals surface area contributed by atoms with Gasteiger partial charge in [-0.3, -0.25) is 5.84 Å². The lowest BCUT2D eigenvalue weighted by atomic mass is 10.2. The number of rotatable bonds is 3. The number of oxime groups is 1. The number of nitrogens with zero attached hydrogens (tertiary/aromatic N) is 1. The minimum atomic E-state index is 0. The van der Waals surface area contributed by atoms with E-state index in [9.17, 15) is 0 Å². The first-order valence-electron chi connectivity index (χ1n) is 3.50. The van der Waals surface area contributed by atoms with Crippen LogP contribution in [0.3, 0.4) is 0 Å². The van der Waals surface area contributed by atoms with Crippen molar-refractivity contribution in [2.75, 3.05) is 12.5 Å². The van der Waals surface area contributed by atoms with E-state index >= 15 is 0 Å². The van der Waals surface area contributed by atoms with Crippen molar-refractivity contribution in [3.05, 3.63) is 29.8 Å². The number of anilines is 1. The zero-order valence-corrected chi connectivity index (χ0v) is 8.04. The third-order valence-electron chi connectivity index (χ3n) is 1.38. The fourth-order valence-electron chi connectivity index (χ4n) is 0.779. The Bertz CT molecular complexity index is 261. The molecule has 3 N–H and O–H groups in total. The van der Waals surface area contributed by atoms with Crippen LogP contribution in [-0.4, -0.2) is 13.3 Å². The summed E-state index contributed by atoms with van der Waals surface area (Å²) in [6.07, 6.45) is 1.63. The van der Waals surface area contributed by atoms with E-state index in [-0.39, 0.29) is 12.4 Å². The predicted molar refractivity (Wildman–Crippen MR) is 56.1 cm³/mol. The highest BCUT2D eigenvalue weighted by molar-refractivity contribution is 5.85. The van der Waals surface area contributed by atoms with E-state index in [1.807, 2.05) is 24.3 Å². The molecule has 0 aromatic heterocycles. The van der Waals surface area contributed by atoms with E-state index < -0.39 is 0 Å². The summed E-state index contributed by atoms with van der Waals surface area (Å²) in [5.41, 5.74) is 4.37. The quantitative estimate of drug-likeness (QED) is 0.441. The summed E-state index contributed by atoms with van der Waals surface area (Å²) >= 11 is 0.